The van der Waals surface area contributed by atoms with E-state index in [0.717, 1.165) is 44.4 Å². The Bertz CT molecular complexity index is 713. The third-order valence-corrected chi connectivity index (χ3v) is 5.27. The van der Waals surface area contributed by atoms with Crippen LogP contribution >= 0.6 is 24.0 Å². The molecule has 1 fully saturated rings. The summed E-state index contributed by atoms with van der Waals surface area (Å²) in [7, 11) is 0. The molecule has 2 aliphatic heterocycles. The Kier molecular flexibility index (Phi) is 10.3. The highest BCUT2D eigenvalue weighted by atomic mass is 127. The van der Waals surface area contributed by atoms with Gasteiger partial charge in [-0.25, -0.2) is 0 Å². The fourth-order valence-electron chi connectivity index (χ4n) is 4.01. The molecule has 7 nitrogen and oxygen atoms in total. The average Bonchev–Trinajstić information content (AvgIpc) is 2.69. The summed E-state index contributed by atoms with van der Waals surface area (Å²) in [6, 6.07) is 8.02. The van der Waals surface area contributed by atoms with Gasteiger partial charge in [0.2, 0.25) is 5.91 Å². The van der Waals surface area contributed by atoms with Gasteiger partial charge in [-0.15, -0.1) is 24.0 Å². The fourth-order valence-corrected chi connectivity index (χ4v) is 4.01. The van der Waals surface area contributed by atoms with E-state index in [4.69, 9.17) is 9.73 Å². The molecule has 1 aromatic carbocycles. The molecule has 0 radical (unpaired) electrons. The zero-order chi connectivity index (χ0) is 20.6. The number of carbonyl (C=O) groups excluding carboxylic acids is 1. The molecule has 0 aliphatic carbocycles. The normalized spacial score (nSPS) is 22.1. The van der Waals surface area contributed by atoms with Gasteiger partial charge in [0, 0.05) is 50.7 Å². The number of aliphatic imine (C=N–C) groups is 1. The number of anilines is 1. The smallest absolute Gasteiger partial charge is 0.225 e. The van der Waals surface area contributed by atoms with Crippen LogP contribution in [0.4, 0.5) is 5.69 Å². The number of amides is 1. The van der Waals surface area contributed by atoms with Crippen molar-refractivity contribution in [2.75, 3.05) is 51.2 Å². The second-order valence-electron chi connectivity index (χ2n) is 8.28. The van der Waals surface area contributed by atoms with Crippen molar-refractivity contribution in [3.63, 3.8) is 0 Å². The molecule has 1 amide bonds. The molecular formula is C22H36IN5O2. The van der Waals surface area contributed by atoms with Crippen LogP contribution in [0.1, 0.15) is 38.7 Å². The second kappa shape index (κ2) is 12.5. The minimum atomic E-state index is 0. The molecule has 3 rings (SSSR count). The first kappa shape index (κ1) is 24.9. The van der Waals surface area contributed by atoms with Gasteiger partial charge in [-0.3, -0.25) is 14.7 Å². The number of para-hydroxylation sites is 1. The van der Waals surface area contributed by atoms with Crippen LogP contribution < -0.4 is 16.0 Å². The van der Waals surface area contributed by atoms with Gasteiger partial charge in [0.05, 0.1) is 19.3 Å². The number of hydrogen-bond donors (Lipinski definition) is 3. The molecule has 0 spiro atoms. The Morgan fingerprint density at radius 2 is 2.13 bits per heavy atom. The number of hydrogen-bond acceptors (Lipinski definition) is 4. The van der Waals surface area contributed by atoms with Crippen molar-refractivity contribution in [3.05, 3.63) is 29.8 Å². The molecular weight excluding hydrogens is 493 g/mol. The lowest BCUT2D eigenvalue weighted by atomic mass is 9.90. The zero-order valence-corrected chi connectivity index (χ0v) is 20.6. The lowest BCUT2D eigenvalue weighted by Gasteiger charge is -2.33. The Balaban J connectivity index is 0.00000320. The lowest BCUT2D eigenvalue weighted by molar-refractivity contribution is -0.116. The maximum Gasteiger partial charge on any atom is 0.225 e. The number of morpholine rings is 1. The number of nitrogens with one attached hydrogen (secondary N) is 3. The summed E-state index contributed by atoms with van der Waals surface area (Å²) in [5.41, 5.74) is 2.09. The molecule has 168 valence electrons. The Morgan fingerprint density at radius 3 is 2.90 bits per heavy atom. The van der Waals surface area contributed by atoms with Gasteiger partial charge < -0.3 is 20.7 Å². The summed E-state index contributed by atoms with van der Waals surface area (Å²) in [5.74, 6) is 1.64. The highest BCUT2D eigenvalue weighted by molar-refractivity contribution is 14.0. The minimum absolute atomic E-state index is 0. The molecule has 2 atom stereocenters. The van der Waals surface area contributed by atoms with E-state index < -0.39 is 0 Å². The number of halogens is 1. The van der Waals surface area contributed by atoms with E-state index >= 15 is 0 Å². The van der Waals surface area contributed by atoms with Crippen LogP contribution in [0.2, 0.25) is 0 Å². The molecule has 3 N–H and O–H groups in total. The van der Waals surface area contributed by atoms with Crippen molar-refractivity contribution in [3.8, 4) is 0 Å². The first-order valence-corrected chi connectivity index (χ1v) is 10.8. The number of nitrogens with zero attached hydrogens (tertiary/aromatic N) is 2. The van der Waals surface area contributed by atoms with Crippen LogP contribution in [-0.2, 0) is 9.53 Å². The number of fused-ring (bicyclic) bond motifs is 1. The Labute approximate surface area is 197 Å². The van der Waals surface area contributed by atoms with Gasteiger partial charge in [0.15, 0.2) is 5.96 Å². The van der Waals surface area contributed by atoms with Crippen molar-refractivity contribution in [2.24, 2.45) is 10.9 Å². The van der Waals surface area contributed by atoms with Crippen LogP contribution in [0.15, 0.2) is 29.3 Å². The summed E-state index contributed by atoms with van der Waals surface area (Å²) < 4.78 is 5.92. The van der Waals surface area contributed by atoms with E-state index in [1.54, 1.807) is 0 Å². The van der Waals surface area contributed by atoms with Crippen LogP contribution in [0.3, 0.4) is 0 Å². The second-order valence-corrected chi connectivity index (χ2v) is 8.28. The summed E-state index contributed by atoms with van der Waals surface area (Å²) in [5, 5.41) is 9.69. The van der Waals surface area contributed by atoms with Crippen molar-refractivity contribution < 1.29 is 9.53 Å². The molecule has 0 aromatic heterocycles. The molecule has 0 saturated carbocycles. The average molecular weight is 529 g/mol. The van der Waals surface area contributed by atoms with Crippen LogP contribution in [0, 0.1) is 5.92 Å². The van der Waals surface area contributed by atoms with Gasteiger partial charge >= 0.3 is 0 Å². The Hall–Kier alpha value is -1.39. The van der Waals surface area contributed by atoms with E-state index in [1.165, 1.54) is 5.56 Å². The van der Waals surface area contributed by atoms with Crippen molar-refractivity contribution in [1.29, 1.82) is 0 Å². The number of guanidine groups is 1. The summed E-state index contributed by atoms with van der Waals surface area (Å²) in [4.78, 5) is 19.3. The summed E-state index contributed by atoms with van der Waals surface area (Å²) >= 11 is 0. The van der Waals surface area contributed by atoms with Crippen molar-refractivity contribution >= 4 is 41.5 Å². The van der Waals surface area contributed by atoms with Gasteiger partial charge in [-0.05, 0) is 24.5 Å². The number of ether oxygens (including phenoxy) is 1. The summed E-state index contributed by atoms with van der Waals surface area (Å²) in [6.45, 7) is 12.4. The molecule has 8 heteroatoms. The van der Waals surface area contributed by atoms with Gasteiger partial charge in [0.25, 0.3) is 0 Å². The van der Waals surface area contributed by atoms with Gasteiger partial charge in [-0.2, -0.15) is 0 Å². The first-order chi connectivity index (χ1) is 14.0. The largest absolute Gasteiger partial charge is 0.374 e. The van der Waals surface area contributed by atoms with Crippen molar-refractivity contribution in [1.82, 2.24) is 15.5 Å². The van der Waals surface area contributed by atoms with Gasteiger partial charge in [-0.1, -0.05) is 32.0 Å². The van der Waals surface area contributed by atoms with E-state index in [-0.39, 0.29) is 41.9 Å². The lowest BCUT2D eigenvalue weighted by Crippen LogP contribution is -2.46. The molecule has 0 bridgehead atoms. The molecule has 2 heterocycles. The van der Waals surface area contributed by atoms with E-state index in [9.17, 15) is 4.79 Å². The SMILES string of the molecule is CCNC(=NCC1CN(CC(C)C)CCO1)NCC1CC(=O)Nc2ccccc21.I. The van der Waals surface area contributed by atoms with Crippen LogP contribution in [-0.4, -0.2) is 68.7 Å². The predicted molar refractivity (Wildman–Crippen MR) is 133 cm³/mol. The van der Waals surface area contributed by atoms with Gasteiger partial charge in [0.1, 0.15) is 0 Å². The number of carbonyl (C=O) groups is 1. The third kappa shape index (κ3) is 7.39. The fraction of sp³-hybridized carbons (Fsp3) is 0.636. The van der Waals surface area contributed by atoms with E-state index in [1.807, 2.05) is 18.2 Å². The number of benzene rings is 1. The third-order valence-electron chi connectivity index (χ3n) is 5.27. The quantitative estimate of drug-likeness (QED) is 0.288. The highest BCUT2D eigenvalue weighted by Gasteiger charge is 2.25. The topological polar surface area (TPSA) is 78.0 Å². The van der Waals surface area contributed by atoms with Crippen LogP contribution in [0.25, 0.3) is 0 Å². The zero-order valence-electron chi connectivity index (χ0n) is 18.3. The predicted octanol–water partition coefficient (Wildman–Crippen LogP) is 2.64. The molecule has 2 aliphatic rings. The molecule has 30 heavy (non-hydrogen) atoms. The van der Waals surface area contributed by atoms with Crippen LogP contribution in [0.5, 0.6) is 0 Å². The molecule has 2 unspecified atom stereocenters. The van der Waals surface area contributed by atoms with E-state index in [2.05, 4.69) is 47.7 Å². The minimum Gasteiger partial charge on any atom is -0.374 e. The monoisotopic (exact) mass is 529 g/mol. The maximum atomic E-state index is 12.0. The van der Waals surface area contributed by atoms with Crippen molar-refractivity contribution in [2.45, 2.75) is 39.2 Å². The van der Waals surface area contributed by atoms with E-state index in [0.29, 0.717) is 25.4 Å². The highest BCUT2D eigenvalue weighted by Crippen LogP contribution is 2.31. The molecule has 1 aromatic rings. The number of rotatable bonds is 7. The summed E-state index contributed by atoms with van der Waals surface area (Å²) in [6.07, 6.45) is 0.610. The molecule has 1 saturated heterocycles. The first-order valence-electron chi connectivity index (χ1n) is 10.8. The standard InChI is InChI=1S/C22H35N5O2.HI/c1-4-23-22(25-13-18-15-27(9-10-29-18)14-16(2)3)24-12-17-11-21(28)26-20-8-6-5-7-19(17)20;/h5-8,16-18H,4,9-15H2,1-3H3,(H,26,28)(H2,23,24,25);1H. The Morgan fingerprint density at radius 1 is 1.33 bits per heavy atom. The maximum absolute atomic E-state index is 12.0.